The summed E-state index contributed by atoms with van der Waals surface area (Å²) < 4.78 is 31.0. The van der Waals surface area contributed by atoms with E-state index in [1.807, 2.05) is 0 Å². The van der Waals surface area contributed by atoms with Crippen molar-refractivity contribution in [3.63, 3.8) is 0 Å². The highest BCUT2D eigenvalue weighted by Gasteiger charge is 2.56. The second kappa shape index (κ2) is 10.2. The zero-order valence-corrected chi connectivity index (χ0v) is 22.8. The summed E-state index contributed by atoms with van der Waals surface area (Å²) in [5.74, 6) is -1.46. The SMILES string of the molecule is CC1(C)O[C@@H]2[C@H](O1)[C@@H](CNC(=O)COC1=C(c3ccc(Cl)cc3Cl)C(=O)OC1)O[C@H]2n1cnc2c(N)ncnc21. The lowest BCUT2D eigenvalue weighted by atomic mass is 10.1. The van der Waals surface area contributed by atoms with Gasteiger partial charge in [0.1, 0.15) is 48.1 Å². The van der Waals surface area contributed by atoms with Gasteiger partial charge in [0, 0.05) is 17.1 Å². The molecule has 0 saturated carbocycles. The van der Waals surface area contributed by atoms with Gasteiger partial charge < -0.3 is 34.7 Å². The monoisotopic (exact) mass is 590 g/mol. The number of amides is 1. The molecule has 0 unspecified atom stereocenters. The Morgan fingerprint density at radius 2 is 2.02 bits per heavy atom. The molecule has 13 nitrogen and oxygen atoms in total. The van der Waals surface area contributed by atoms with Gasteiger partial charge in [-0.15, -0.1) is 0 Å². The number of hydrogen-bond donors (Lipinski definition) is 2. The molecule has 0 bridgehead atoms. The number of esters is 1. The molecule has 210 valence electrons. The van der Waals surface area contributed by atoms with Crippen LogP contribution in [0.3, 0.4) is 0 Å². The van der Waals surface area contributed by atoms with Gasteiger partial charge in [0.15, 0.2) is 30.1 Å². The number of carbonyl (C=O) groups is 2. The lowest BCUT2D eigenvalue weighted by Gasteiger charge is -2.25. The molecule has 0 radical (unpaired) electrons. The molecular formula is C25H24Cl2N6O7. The molecule has 3 aliphatic heterocycles. The van der Waals surface area contributed by atoms with E-state index in [-0.39, 0.29) is 41.9 Å². The van der Waals surface area contributed by atoms with Crippen molar-refractivity contribution in [3.05, 3.63) is 52.2 Å². The third-order valence-electron chi connectivity index (χ3n) is 6.68. The zero-order valence-electron chi connectivity index (χ0n) is 21.3. The molecule has 5 heterocycles. The van der Waals surface area contributed by atoms with Crippen LogP contribution in [0.5, 0.6) is 0 Å². The Bertz CT molecular complexity index is 1540. The first kappa shape index (κ1) is 26.7. The fourth-order valence-electron chi connectivity index (χ4n) is 4.98. The van der Waals surface area contributed by atoms with Crippen molar-refractivity contribution in [2.24, 2.45) is 0 Å². The second-order valence-corrected chi connectivity index (χ2v) is 10.6. The Morgan fingerprint density at radius 1 is 1.23 bits per heavy atom. The molecule has 2 fully saturated rings. The summed E-state index contributed by atoms with van der Waals surface area (Å²) in [6.45, 7) is 3.23. The lowest BCUT2D eigenvalue weighted by molar-refractivity contribution is -0.195. The number of fused-ring (bicyclic) bond motifs is 2. The molecule has 0 spiro atoms. The van der Waals surface area contributed by atoms with Crippen LogP contribution >= 0.6 is 23.2 Å². The highest BCUT2D eigenvalue weighted by atomic mass is 35.5. The highest BCUT2D eigenvalue weighted by Crippen LogP contribution is 2.43. The van der Waals surface area contributed by atoms with Gasteiger partial charge in [0.05, 0.1) is 11.3 Å². The third-order valence-corrected chi connectivity index (χ3v) is 7.23. The van der Waals surface area contributed by atoms with Gasteiger partial charge in [-0.2, -0.15) is 0 Å². The van der Waals surface area contributed by atoms with Gasteiger partial charge in [-0.1, -0.05) is 29.3 Å². The van der Waals surface area contributed by atoms with E-state index in [2.05, 4.69) is 20.3 Å². The molecule has 4 atom stereocenters. The maximum Gasteiger partial charge on any atom is 0.342 e. The van der Waals surface area contributed by atoms with Gasteiger partial charge in [-0.3, -0.25) is 9.36 Å². The molecule has 2 saturated heterocycles. The fourth-order valence-corrected chi connectivity index (χ4v) is 5.48. The summed E-state index contributed by atoms with van der Waals surface area (Å²) in [5.41, 5.74) is 7.42. The first-order valence-corrected chi connectivity index (χ1v) is 13.1. The number of ether oxygens (including phenoxy) is 5. The maximum atomic E-state index is 12.7. The van der Waals surface area contributed by atoms with Crippen molar-refractivity contribution in [2.45, 2.75) is 44.2 Å². The van der Waals surface area contributed by atoms with E-state index in [9.17, 15) is 9.59 Å². The lowest BCUT2D eigenvalue weighted by Crippen LogP contribution is -2.41. The average molecular weight is 591 g/mol. The maximum absolute atomic E-state index is 12.7. The number of anilines is 1. The molecule has 0 aliphatic carbocycles. The van der Waals surface area contributed by atoms with Gasteiger partial charge in [-0.25, -0.2) is 19.7 Å². The minimum Gasteiger partial charge on any atom is -0.484 e. The van der Waals surface area contributed by atoms with Gasteiger partial charge in [0.2, 0.25) is 0 Å². The molecule has 3 N–H and O–H groups in total. The Hall–Kier alpha value is -3.49. The van der Waals surface area contributed by atoms with Gasteiger partial charge in [-0.05, 0) is 26.0 Å². The molecule has 1 aromatic carbocycles. The number of imidazole rings is 1. The van der Waals surface area contributed by atoms with Crippen molar-refractivity contribution in [3.8, 4) is 0 Å². The number of halogens is 2. The van der Waals surface area contributed by atoms with E-state index in [4.69, 9.17) is 52.6 Å². The van der Waals surface area contributed by atoms with E-state index >= 15 is 0 Å². The zero-order chi connectivity index (χ0) is 28.2. The van der Waals surface area contributed by atoms with Crippen LogP contribution < -0.4 is 11.1 Å². The van der Waals surface area contributed by atoms with E-state index in [0.29, 0.717) is 21.7 Å². The van der Waals surface area contributed by atoms with Crippen LogP contribution in [0.2, 0.25) is 10.0 Å². The Balaban J connectivity index is 1.14. The largest absolute Gasteiger partial charge is 0.484 e. The van der Waals surface area contributed by atoms with Crippen LogP contribution in [-0.2, 0) is 33.3 Å². The molecule has 3 aromatic rings. The summed E-state index contributed by atoms with van der Waals surface area (Å²) in [5, 5.41) is 3.48. The molecule has 1 amide bonds. The molecule has 40 heavy (non-hydrogen) atoms. The predicted octanol–water partition coefficient (Wildman–Crippen LogP) is 2.23. The average Bonchev–Trinajstić information content (AvgIpc) is 3.64. The number of nitrogen functional groups attached to an aromatic ring is 1. The number of nitrogens with zero attached hydrogens (tertiary/aromatic N) is 4. The number of rotatable bonds is 7. The van der Waals surface area contributed by atoms with E-state index < -0.39 is 42.2 Å². The minimum absolute atomic E-state index is 0.105. The Kier molecular flexibility index (Phi) is 6.79. The first-order valence-electron chi connectivity index (χ1n) is 12.3. The molecule has 2 aromatic heterocycles. The number of benzene rings is 1. The van der Waals surface area contributed by atoms with Crippen LogP contribution in [0.15, 0.2) is 36.6 Å². The van der Waals surface area contributed by atoms with Gasteiger partial charge >= 0.3 is 5.97 Å². The smallest absolute Gasteiger partial charge is 0.342 e. The number of hydrogen-bond acceptors (Lipinski definition) is 11. The molecule has 3 aliphatic rings. The molecule has 6 rings (SSSR count). The minimum atomic E-state index is -0.867. The number of nitrogens with two attached hydrogens (primary N) is 1. The highest BCUT2D eigenvalue weighted by molar-refractivity contribution is 6.37. The Morgan fingerprint density at radius 3 is 2.83 bits per heavy atom. The number of aromatic nitrogens is 4. The number of nitrogens with one attached hydrogen (secondary N) is 1. The van der Waals surface area contributed by atoms with Crippen LogP contribution in [0.4, 0.5) is 5.82 Å². The predicted molar refractivity (Wildman–Crippen MR) is 141 cm³/mol. The van der Waals surface area contributed by atoms with Crippen molar-refractivity contribution in [1.82, 2.24) is 24.8 Å². The van der Waals surface area contributed by atoms with Crippen LogP contribution in [0.25, 0.3) is 16.7 Å². The number of carbonyl (C=O) groups excluding carboxylic acids is 2. The normalized spacial score (nSPS) is 25.4. The van der Waals surface area contributed by atoms with E-state index in [1.54, 1.807) is 36.9 Å². The fraction of sp³-hybridized carbons (Fsp3) is 0.400. The summed E-state index contributed by atoms with van der Waals surface area (Å²) in [4.78, 5) is 37.7. The van der Waals surface area contributed by atoms with Crippen LogP contribution in [0.1, 0.15) is 25.6 Å². The van der Waals surface area contributed by atoms with Crippen molar-refractivity contribution < 1.29 is 33.3 Å². The summed E-state index contributed by atoms with van der Waals surface area (Å²) in [7, 11) is 0. The van der Waals surface area contributed by atoms with Crippen molar-refractivity contribution in [2.75, 3.05) is 25.5 Å². The molecular weight excluding hydrogens is 567 g/mol. The van der Waals surface area contributed by atoms with Crippen LogP contribution in [0, 0.1) is 0 Å². The van der Waals surface area contributed by atoms with Crippen molar-refractivity contribution >= 4 is 57.6 Å². The van der Waals surface area contributed by atoms with Crippen LogP contribution in [-0.4, -0.2) is 75.3 Å². The summed E-state index contributed by atoms with van der Waals surface area (Å²) in [6.07, 6.45) is 0.726. The third kappa shape index (κ3) is 4.84. The summed E-state index contributed by atoms with van der Waals surface area (Å²) in [6, 6.07) is 4.70. The summed E-state index contributed by atoms with van der Waals surface area (Å²) >= 11 is 12.2. The van der Waals surface area contributed by atoms with Crippen molar-refractivity contribution in [1.29, 1.82) is 0 Å². The second-order valence-electron chi connectivity index (χ2n) is 9.80. The number of cyclic esters (lactones) is 1. The van der Waals surface area contributed by atoms with E-state index in [0.717, 1.165) is 0 Å². The first-order chi connectivity index (χ1) is 19.1. The van der Waals surface area contributed by atoms with E-state index in [1.165, 1.54) is 12.4 Å². The Labute approximate surface area is 237 Å². The molecule has 15 heteroatoms. The quantitative estimate of drug-likeness (QED) is 0.388. The standard InChI is InChI=1S/C25H24Cl2N6O7/c1-25(2)39-19-14(38-23(20(19)40-25)33-10-32-18-21(28)30-9-31-22(18)33)6-29-16(34)8-36-15-7-37-24(35)17(15)12-4-3-11(26)5-13(12)27/h3-5,9-10,14,19-20,23H,6-8H2,1-2H3,(H,29,34)(H2,28,30,31)/t14-,19-,20-,23-/m1/s1. The van der Waals surface area contributed by atoms with Gasteiger partial charge in [0.25, 0.3) is 5.91 Å². The topological polar surface area (TPSA) is 162 Å².